The minimum Gasteiger partial charge on any atom is -0.481 e. The Morgan fingerprint density at radius 3 is 2.73 bits per heavy atom. The monoisotopic (exact) mass is 349 g/mol. The number of hydrogen-bond acceptors (Lipinski definition) is 4. The maximum atomic E-state index is 11.0. The first-order chi connectivity index (χ1) is 12.7. The zero-order valence-electron chi connectivity index (χ0n) is 14.9. The third kappa shape index (κ3) is 2.66. The molecule has 1 unspecified atom stereocenters. The smallest absolute Gasteiger partial charge is 0.303 e. The quantitative estimate of drug-likeness (QED) is 0.919. The van der Waals surface area contributed by atoms with E-state index in [1.54, 1.807) is 0 Å². The van der Waals surface area contributed by atoms with Gasteiger partial charge in [0.25, 0.3) is 0 Å². The van der Waals surface area contributed by atoms with Gasteiger partial charge >= 0.3 is 5.97 Å². The summed E-state index contributed by atoms with van der Waals surface area (Å²) in [6, 6.07) is 6.60. The van der Waals surface area contributed by atoms with Gasteiger partial charge in [-0.3, -0.25) is 4.79 Å². The van der Waals surface area contributed by atoms with Crippen molar-refractivity contribution in [1.29, 1.82) is 0 Å². The fraction of sp³-hybridized carbons (Fsp3) is 0.476. The van der Waals surface area contributed by atoms with E-state index in [-0.39, 0.29) is 12.3 Å². The lowest BCUT2D eigenvalue weighted by Gasteiger charge is -2.31. The zero-order valence-corrected chi connectivity index (χ0v) is 14.9. The molecule has 26 heavy (non-hydrogen) atoms. The second-order valence-corrected chi connectivity index (χ2v) is 7.85. The highest BCUT2D eigenvalue weighted by Gasteiger charge is 2.27. The number of aromatic nitrogens is 2. The molecule has 0 radical (unpaired) electrons. The van der Waals surface area contributed by atoms with Crippen LogP contribution in [0, 0.1) is 5.92 Å². The molecule has 0 bridgehead atoms. The lowest BCUT2D eigenvalue weighted by atomic mass is 10.0. The summed E-state index contributed by atoms with van der Waals surface area (Å²) in [5.41, 5.74) is 7.40. The van der Waals surface area contributed by atoms with Crippen molar-refractivity contribution < 1.29 is 9.90 Å². The molecule has 1 fully saturated rings. The van der Waals surface area contributed by atoms with Crippen molar-refractivity contribution in [2.45, 2.75) is 44.9 Å². The van der Waals surface area contributed by atoms with Gasteiger partial charge in [-0.05, 0) is 61.6 Å². The van der Waals surface area contributed by atoms with Gasteiger partial charge in [0.2, 0.25) is 5.95 Å². The fourth-order valence-corrected chi connectivity index (χ4v) is 4.56. The predicted octanol–water partition coefficient (Wildman–Crippen LogP) is 3.03. The Balaban J connectivity index is 1.51. The SMILES string of the molecule is O=C(O)CC1Cc2ccc(-c3nc(N4CCC4)nc4c3CCC4)cc2C1. The van der Waals surface area contributed by atoms with E-state index in [0.717, 1.165) is 56.8 Å². The van der Waals surface area contributed by atoms with Gasteiger partial charge in [0, 0.05) is 36.3 Å². The minimum atomic E-state index is -0.698. The molecule has 0 amide bonds. The number of carbonyl (C=O) groups is 1. The van der Waals surface area contributed by atoms with Gasteiger partial charge in [-0.2, -0.15) is 0 Å². The van der Waals surface area contributed by atoms with E-state index < -0.39 is 5.97 Å². The fourth-order valence-electron chi connectivity index (χ4n) is 4.56. The van der Waals surface area contributed by atoms with Crippen molar-refractivity contribution in [3.8, 4) is 11.3 Å². The molecule has 2 aliphatic carbocycles. The van der Waals surface area contributed by atoms with Crippen molar-refractivity contribution in [3.05, 3.63) is 40.6 Å². The van der Waals surface area contributed by atoms with Crippen LogP contribution >= 0.6 is 0 Å². The van der Waals surface area contributed by atoms with Gasteiger partial charge < -0.3 is 10.0 Å². The van der Waals surface area contributed by atoms with Gasteiger partial charge in [-0.15, -0.1) is 0 Å². The number of aryl methyl sites for hydroxylation is 1. The van der Waals surface area contributed by atoms with E-state index in [0.29, 0.717) is 0 Å². The van der Waals surface area contributed by atoms with Crippen LogP contribution in [0.5, 0.6) is 0 Å². The summed E-state index contributed by atoms with van der Waals surface area (Å²) in [5, 5.41) is 9.08. The second kappa shape index (κ2) is 6.08. The number of carboxylic acids is 1. The molecule has 1 saturated heterocycles. The van der Waals surface area contributed by atoms with Crippen molar-refractivity contribution in [1.82, 2.24) is 9.97 Å². The van der Waals surface area contributed by atoms with Gasteiger partial charge in [0.05, 0.1) is 5.69 Å². The molecule has 0 saturated carbocycles. The molecule has 1 aliphatic heterocycles. The third-order valence-electron chi connectivity index (χ3n) is 6.02. The predicted molar refractivity (Wildman–Crippen MR) is 99.5 cm³/mol. The average molecular weight is 349 g/mol. The number of carboxylic acid groups (broad SMARTS) is 1. The summed E-state index contributed by atoms with van der Waals surface area (Å²) in [6.45, 7) is 2.11. The first-order valence-corrected chi connectivity index (χ1v) is 9.66. The van der Waals surface area contributed by atoms with Crippen LogP contribution in [-0.4, -0.2) is 34.1 Å². The standard InChI is InChI=1S/C21H23N3O2/c25-19(26)11-13-9-14-5-6-15(12-16(14)10-13)20-17-3-1-4-18(17)22-21(23-20)24-7-2-8-24/h5-6,12-13H,1-4,7-11H2,(H,25,26). The maximum absolute atomic E-state index is 11.0. The first-order valence-electron chi connectivity index (χ1n) is 9.66. The minimum absolute atomic E-state index is 0.227. The summed E-state index contributed by atoms with van der Waals surface area (Å²) in [4.78, 5) is 23.1. The van der Waals surface area contributed by atoms with Crippen LogP contribution in [0.15, 0.2) is 18.2 Å². The molecule has 1 aromatic carbocycles. The van der Waals surface area contributed by atoms with Crippen LogP contribution in [-0.2, 0) is 30.5 Å². The molecule has 0 spiro atoms. The van der Waals surface area contributed by atoms with Crippen LogP contribution in [0.25, 0.3) is 11.3 Å². The highest BCUT2D eigenvalue weighted by atomic mass is 16.4. The first kappa shape index (κ1) is 15.8. The molecule has 134 valence electrons. The number of rotatable bonds is 4. The molecule has 1 atom stereocenters. The van der Waals surface area contributed by atoms with Crippen LogP contribution in [0.4, 0.5) is 5.95 Å². The van der Waals surface area contributed by atoms with Crippen LogP contribution in [0.2, 0.25) is 0 Å². The van der Waals surface area contributed by atoms with Crippen LogP contribution in [0.3, 0.4) is 0 Å². The summed E-state index contributed by atoms with van der Waals surface area (Å²) < 4.78 is 0. The molecular formula is C21H23N3O2. The Labute approximate surface area is 153 Å². The van der Waals surface area contributed by atoms with Crippen molar-refractivity contribution in [3.63, 3.8) is 0 Å². The maximum Gasteiger partial charge on any atom is 0.303 e. The molecular weight excluding hydrogens is 326 g/mol. The zero-order chi connectivity index (χ0) is 17.7. The highest BCUT2D eigenvalue weighted by molar-refractivity contribution is 5.69. The molecule has 1 N–H and O–H groups in total. The van der Waals surface area contributed by atoms with E-state index >= 15 is 0 Å². The van der Waals surface area contributed by atoms with Crippen molar-refractivity contribution in [2.24, 2.45) is 5.92 Å². The van der Waals surface area contributed by atoms with Gasteiger partial charge in [-0.1, -0.05) is 12.1 Å². The van der Waals surface area contributed by atoms with Crippen molar-refractivity contribution in [2.75, 3.05) is 18.0 Å². The summed E-state index contributed by atoms with van der Waals surface area (Å²) in [5.74, 6) is 0.414. The molecule has 3 aliphatic rings. The lowest BCUT2D eigenvalue weighted by Crippen LogP contribution is -2.38. The average Bonchev–Trinajstić information content (AvgIpc) is 3.16. The van der Waals surface area contributed by atoms with E-state index in [4.69, 9.17) is 15.1 Å². The number of benzene rings is 1. The molecule has 5 heteroatoms. The largest absolute Gasteiger partial charge is 0.481 e. The van der Waals surface area contributed by atoms with E-state index in [1.807, 2.05) is 0 Å². The molecule has 5 rings (SSSR count). The van der Waals surface area contributed by atoms with Crippen LogP contribution < -0.4 is 4.90 Å². The van der Waals surface area contributed by atoms with Gasteiger partial charge in [0.15, 0.2) is 0 Å². The number of anilines is 1. The Morgan fingerprint density at radius 2 is 1.96 bits per heavy atom. The number of nitrogens with zero attached hydrogens (tertiary/aromatic N) is 3. The molecule has 5 nitrogen and oxygen atoms in total. The van der Waals surface area contributed by atoms with Crippen molar-refractivity contribution >= 4 is 11.9 Å². The topological polar surface area (TPSA) is 66.3 Å². The number of hydrogen-bond donors (Lipinski definition) is 1. The Kier molecular flexibility index (Phi) is 3.69. The molecule has 2 aromatic rings. The van der Waals surface area contributed by atoms with Crippen LogP contribution in [0.1, 0.15) is 41.6 Å². The Morgan fingerprint density at radius 1 is 1.12 bits per heavy atom. The van der Waals surface area contributed by atoms with E-state index in [9.17, 15) is 4.79 Å². The third-order valence-corrected chi connectivity index (χ3v) is 6.02. The van der Waals surface area contributed by atoms with Gasteiger partial charge in [-0.25, -0.2) is 9.97 Å². The number of aliphatic carboxylic acids is 1. The summed E-state index contributed by atoms with van der Waals surface area (Å²) >= 11 is 0. The van der Waals surface area contributed by atoms with E-state index in [2.05, 4.69) is 23.1 Å². The Hall–Kier alpha value is -2.43. The molecule has 1 aromatic heterocycles. The van der Waals surface area contributed by atoms with Gasteiger partial charge in [0.1, 0.15) is 0 Å². The normalized spacial score (nSPS) is 20.6. The number of fused-ring (bicyclic) bond motifs is 2. The summed E-state index contributed by atoms with van der Waals surface area (Å²) in [6.07, 6.45) is 6.49. The van der Waals surface area contributed by atoms with E-state index in [1.165, 1.54) is 34.4 Å². The Bertz CT molecular complexity index is 889. The highest BCUT2D eigenvalue weighted by Crippen LogP contribution is 2.36. The lowest BCUT2D eigenvalue weighted by molar-refractivity contribution is -0.138. The summed E-state index contributed by atoms with van der Waals surface area (Å²) in [7, 11) is 0. The second-order valence-electron chi connectivity index (χ2n) is 7.85. The molecule has 2 heterocycles.